The van der Waals surface area contributed by atoms with Crippen LogP contribution in [-0.2, 0) is 14.9 Å². The highest BCUT2D eigenvalue weighted by atomic mass is 127. The number of nitrogens with zero attached hydrogens (tertiary/aromatic N) is 2. The second kappa shape index (κ2) is 12.7. The lowest BCUT2D eigenvalue weighted by Gasteiger charge is -2.42. The average molecular weight is 515 g/mol. The van der Waals surface area contributed by atoms with E-state index in [9.17, 15) is 0 Å². The molecule has 3 rings (SSSR count). The molecule has 1 aliphatic heterocycles. The Hall–Kier alpha value is -0.860. The van der Waals surface area contributed by atoms with Crippen molar-refractivity contribution in [3.63, 3.8) is 0 Å². The molecule has 0 aromatic heterocycles. The Morgan fingerprint density at radius 1 is 1.17 bits per heavy atom. The van der Waals surface area contributed by atoms with Crippen LogP contribution in [0.1, 0.15) is 51.0 Å². The molecular weight excluding hydrogens is 477 g/mol. The number of piperidine rings is 1. The van der Waals surface area contributed by atoms with Gasteiger partial charge in [0.2, 0.25) is 0 Å². The minimum absolute atomic E-state index is 0. The fourth-order valence-corrected chi connectivity index (χ4v) is 4.27. The van der Waals surface area contributed by atoms with Crippen LogP contribution in [0, 0.1) is 0 Å². The summed E-state index contributed by atoms with van der Waals surface area (Å²) in [5, 5.41) is 3.52. The van der Waals surface area contributed by atoms with Gasteiger partial charge in [-0.3, -0.25) is 4.99 Å². The third-order valence-electron chi connectivity index (χ3n) is 6.15. The Morgan fingerprint density at radius 3 is 2.48 bits per heavy atom. The van der Waals surface area contributed by atoms with Gasteiger partial charge in [-0.15, -0.1) is 24.0 Å². The average Bonchev–Trinajstić information content (AvgIpc) is 2.71. The number of ether oxygens (including phenoxy) is 2. The zero-order valence-corrected chi connectivity index (χ0v) is 20.4. The first kappa shape index (κ1) is 24.4. The number of aliphatic imine (C=N–C) groups is 1. The number of hydrogen-bond acceptors (Lipinski definition) is 3. The summed E-state index contributed by atoms with van der Waals surface area (Å²) in [6.07, 6.45) is 7.30. The van der Waals surface area contributed by atoms with Crippen LogP contribution in [0.3, 0.4) is 0 Å². The summed E-state index contributed by atoms with van der Waals surface area (Å²) in [6, 6.07) is 11.0. The summed E-state index contributed by atoms with van der Waals surface area (Å²) in [6.45, 7) is 7.54. The zero-order valence-electron chi connectivity index (χ0n) is 18.1. The number of hydrogen-bond donors (Lipinski definition) is 1. The molecule has 29 heavy (non-hydrogen) atoms. The largest absolute Gasteiger partial charge is 0.385 e. The summed E-state index contributed by atoms with van der Waals surface area (Å²) in [7, 11) is 1.74. The van der Waals surface area contributed by atoms with E-state index >= 15 is 0 Å². The van der Waals surface area contributed by atoms with Crippen LogP contribution in [0.2, 0.25) is 0 Å². The Balaban J connectivity index is 0.00000300. The van der Waals surface area contributed by atoms with Gasteiger partial charge in [-0.05, 0) is 44.6 Å². The highest BCUT2D eigenvalue weighted by molar-refractivity contribution is 14.0. The first-order chi connectivity index (χ1) is 13.8. The van der Waals surface area contributed by atoms with E-state index in [1.54, 1.807) is 7.11 Å². The molecule has 6 heteroatoms. The van der Waals surface area contributed by atoms with E-state index in [0.29, 0.717) is 6.10 Å². The molecule has 0 atom stereocenters. The van der Waals surface area contributed by atoms with Crippen LogP contribution >= 0.6 is 24.0 Å². The smallest absolute Gasteiger partial charge is 0.193 e. The molecule has 164 valence electrons. The van der Waals surface area contributed by atoms with Crippen LogP contribution in [-0.4, -0.2) is 63.5 Å². The lowest BCUT2D eigenvalue weighted by molar-refractivity contribution is 0.00987. The van der Waals surface area contributed by atoms with Gasteiger partial charge >= 0.3 is 0 Å². The molecule has 2 fully saturated rings. The first-order valence-electron chi connectivity index (χ1n) is 11.0. The SMILES string of the molecule is CCNC(=NCC1(c2ccccc2)CCC1)N1CCC(OCCCOC)CC1.I. The van der Waals surface area contributed by atoms with Gasteiger partial charge < -0.3 is 19.7 Å². The third-order valence-corrected chi connectivity index (χ3v) is 6.15. The lowest BCUT2D eigenvalue weighted by Crippen LogP contribution is -2.48. The molecule has 1 N–H and O–H groups in total. The standard InChI is InChI=1S/C23H37N3O2.HI/c1-3-24-22(26-15-11-21(12-16-26)28-18-8-17-27-2)25-19-23(13-7-14-23)20-9-5-4-6-10-20;/h4-6,9-10,21H,3,7-8,11-19H2,1-2H3,(H,24,25);1H. The van der Waals surface area contributed by atoms with E-state index in [-0.39, 0.29) is 29.4 Å². The van der Waals surface area contributed by atoms with E-state index in [1.807, 2.05) is 0 Å². The van der Waals surface area contributed by atoms with Crippen molar-refractivity contribution < 1.29 is 9.47 Å². The Bertz CT molecular complexity index is 599. The van der Waals surface area contributed by atoms with Gasteiger partial charge in [-0.2, -0.15) is 0 Å². The number of halogens is 1. The summed E-state index contributed by atoms with van der Waals surface area (Å²) >= 11 is 0. The Labute approximate surface area is 193 Å². The minimum Gasteiger partial charge on any atom is -0.385 e. The maximum absolute atomic E-state index is 6.00. The quantitative estimate of drug-likeness (QED) is 0.232. The van der Waals surface area contributed by atoms with Crippen molar-refractivity contribution in [3.05, 3.63) is 35.9 Å². The number of guanidine groups is 1. The van der Waals surface area contributed by atoms with Crippen LogP contribution in [0.25, 0.3) is 0 Å². The number of methoxy groups -OCH3 is 1. The van der Waals surface area contributed by atoms with Crippen molar-refractivity contribution in [2.45, 2.75) is 57.0 Å². The molecule has 0 spiro atoms. The van der Waals surface area contributed by atoms with Gasteiger partial charge in [0.15, 0.2) is 5.96 Å². The highest BCUT2D eigenvalue weighted by Gasteiger charge is 2.38. The second-order valence-electron chi connectivity index (χ2n) is 8.07. The van der Waals surface area contributed by atoms with Crippen molar-refractivity contribution in [2.75, 3.05) is 46.5 Å². The molecule has 2 aliphatic rings. The number of rotatable bonds is 9. The van der Waals surface area contributed by atoms with Crippen molar-refractivity contribution in [2.24, 2.45) is 4.99 Å². The number of likely N-dealkylation sites (tertiary alicyclic amines) is 1. The predicted molar refractivity (Wildman–Crippen MR) is 130 cm³/mol. The number of nitrogens with one attached hydrogen (secondary N) is 1. The molecule has 0 amide bonds. The molecule has 1 saturated carbocycles. The van der Waals surface area contributed by atoms with Crippen LogP contribution in [0.4, 0.5) is 0 Å². The van der Waals surface area contributed by atoms with Crippen molar-refractivity contribution >= 4 is 29.9 Å². The molecule has 5 nitrogen and oxygen atoms in total. The van der Waals surface area contributed by atoms with E-state index in [4.69, 9.17) is 14.5 Å². The van der Waals surface area contributed by atoms with Gasteiger partial charge in [0.05, 0.1) is 12.6 Å². The predicted octanol–water partition coefficient (Wildman–Crippen LogP) is 4.21. The summed E-state index contributed by atoms with van der Waals surface area (Å²) in [5.74, 6) is 1.07. The maximum Gasteiger partial charge on any atom is 0.193 e. The molecule has 1 aromatic carbocycles. The molecule has 0 unspecified atom stereocenters. The van der Waals surface area contributed by atoms with Crippen LogP contribution in [0.15, 0.2) is 35.3 Å². The summed E-state index contributed by atoms with van der Waals surface area (Å²) in [4.78, 5) is 7.51. The molecule has 0 radical (unpaired) electrons. The number of benzene rings is 1. The molecule has 1 heterocycles. The van der Waals surface area contributed by atoms with Crippen LogP contribution < -0.4 is 5.32 Å². The highest BCUT2D eigenvalue weighted by Crippen LogP contribution is 2.43. The first-order valence-corrected chi connectivity index (χ1v) is 11.0. The Kier molecular flexibility index (Phi) is 10.7. The molecular formula is C23H38IN3O2. The van der Waals surface area contributed by atoms with E-state index in [0.717, 1.165) is 64.6 Å². The molecule has 1 aliphatic carbocycles. The summed E-state index contributed by atoms with van der Waals surface area (Å²) < 4.78 is 11.1. The molecule has 0 bridgehead atoms. The van der Waals surface area contributed by atoms with Gasteiger partial charge in [0, 0.05) is 45.4 Å². The summed E-state index contributed by atoms with van der Waals surface area (Å²) in [5.41, 5.74) is 1.69. The maximum atomic E-state index is 6.00. The zero-order chi connectivity index (χ0) is 19.7. The molecule has 1 saturated heterocycles. The Morgan fingerprint density at radius 2 is 1.90 bits per heavy atom. The second-order valence-corrected chi connectivity index (χ2v) is 8.07. The van der Waals surface area contributed by atoms with Crippen LogP contribution in [0.5, 0.6) is 0 Å². The minimum atomic E-state index is 0. The van der Waals surface area contributed by atoms with Crippen molar-refractivity contribution in [1.29, 1.82) is 0 Å². The van der Waals surface area contributed by atoms with Gasteiger partial charge in [0.25, 0.3) is 0 Å². The van der Waals surface area contributed by atoms with Gasteiger partial charge in [0.1, 0.15) is 0 Å². The normalized spacial score (nSPS) is 19.4. The fraction of sp³-hybridized carbons (Fsp3) is 0.696. The topological polar surface area (TPSA) is 46.1 Å². The lowest BCUT2D eigenvalue weighted by atomic mass is 9.64. The monoisotopic (exact) mass is 515 g/mol. The van der Waals surface area contributed by atoms with E-state index in [2.05, 4.69) is 47.5 Å². The molecule has 1 aromatic rings. The van der Waals surface area contributed by atoms with E-state index < -0.39 is 0 Å². The third kappa shape index (κ3) is 6.82. The van der Waals surface area contributed by atoms with E-state index in [1.165, 1.54) is 24.8 Å². The van der Waals surface area contributed by atoms with Crippen molar-refractivity contribution in [3.8, 4) is 0 Å². The van der Waals surface area contributed by atoms with Crippen molar-refractivity contribution in [1.82, 2.24) is 10.2 Å². The fourth-order valence-electron chi connectivity index (χ4n) is 4.27. The van der Waals surface area contributed by atoms with Gasteiger partial charge in [-0.1, -0.05) is 36.8 Å². The van der Waals surface area contributed by atoms with Gasteiger partial charge in [-0.25, -0.2) is 0 Å².